The lowest BCUT2D eigenvalue weighted by molar-refractivity contribution is -0.117. The van der Waals surface area contributed by atoms with Crippen molar-refractivity contribution in [3.63, 3.8) is 0 Å². The number of benzene rings is 1. The van der Waals surface area contributed by atoms with Crippen LogP contribution in [0.2, 0.25) is 5.02 Å². The smallest absolute Gasteiger partial charge is 0.290 e. The van der Waals surface area contributed by atoms with E-state index in [4.69, 9.17) is 26.1 Å². The van der Waals surface area contributed by atoms with E-state index in [9.17, 15) is 9.18 Å². The van der Waals surface area contributed by atoms with Crippen LogP contribution in [0.4, 0.5) is 15.8 Å². The lowest BCUT2D eigenvalue weighted by Gasteiger charge is -2.41. The number of para-hydroxylation sites is 1. The first-order valence-corrected chi connectivity index (χ1v) is 12.7. The average Bonchev–Trinajstić information content (AvgIpc) is 3.50. The Hall–Kier alpha value is -3.59. The molecule has 1 aromatic heterocycles. The molecule has 0 saturated heterocycles. The lowest BCUT2D eigenvalue weighted by atomic mass is 9.69. The van der Waals surface area contributed by atoms with Crippen molar-refractivity contribution in [2.75, 3.05) is 17.2 Å². The van der Waals surface area contributed by atoms with Crippen LogP contribution in [0.15, 0.2) is 65.1 Å². The highest BCUT2D eigenvalue weighted by Crippen LogP contribution is 2.51. The molecule has 2 aromatic rings. The van der Waals surface area contributed by atoms with E-state index in [2.05, 4.69) is 34.8 Å². The van der Waals surface area contributed by atoms with Crippen molar-refractivity contribution in [1.82, 2.24) is 10.3 Å². The Morgan fingerprint density at radius 3 is 2.86 bits per heavy atom. The van der Waals surface area contributed by atoms with Gasteiger partial charge in [0.05, 0.1) is 29.2 Å². The second kappa shape index (κ2) is 8.76. The highest BCUT2D eigenvalue weighted by Gasteiger charge is 2.59. The second-order valence-electron chi connectivity index (χ2n) is 10.5. The molecule has 0 bridgehead atoms. The number of hydrogen-bond acceptors (Lipinski definition) is 7. The van der Waals surface area contributed by atoms with Crippen LogP contribution in [-0.2, 0) is 9.53 Å². The number of hydrogen-bond donors (Lipinski definition) is 3. The Labute approximate surface area is 219 Å². The molecule has 10 heteroatoms. The molecule has 192 valence electrons. The van der Waals surface area contributed by atoms with E-state index in [1.807, 2.05) is 6.08 Å². The van der Waals surface area contributed by atoms with Gasteiger partial charge in [-0.1, -0.05) is 37.6 Å². The summed E-state index contributed by atoms with van der Waals surface area (Å²) in [5.74, 6) is 0.756. The van der Waals surface area contributed by atoms with Gasteiger partial charge in [0.15, 0.2) is 11.3 Å². The summed E-state index contributed by atoms with van der Waals surface area (Å²) in [4.78, 5) is 22.3. The zero-order valence-electron chi connectivity index (χ0n) is 20.5. The Morgan fingerprint density at radius 2 is 2.14 bits per heavy atom. The van der Waals surface area contributed by atoms with Crippen molar-refractivity contribution in [2.24, 2.45) is 16.3 Å². The molecule has 2 aliphatic heterocycles. The first kappa shape index (κ1) is 23.8. The van der Waals surface area contributed by atoms with Gasteiger partial charge in [0.1, 0.15) is 11.9 Å². The summed E-state index contributed by atoms with van der Waals surface area (Å²) < 4.78 is 26.3. The predicted molar refractivity (Wildman–Crippen MR) is 139 cm³/mol. The Bertz CT molecular complexity index is 1330. The van der Waals surface area contributed by atoms with Gasteiger partial charge in [0.2, 0.25) is 11.8 Å². The van der Waals surface area contributed by atoms with Crippen LogP contribution in [0.3, 0.4) is 0 Å². The molecule has 3 heterocycles. The highest BCUT2D eigenvalue weighted by molar-refractivity contribution is 6.33. The fourth-order valence-electron chi connectivity index (χ4n) is 4.91. The molecule has 4 aliphatic rings. The molecule has 2 unspecified atom stereocenters. The van der Waals surface area contributed by atoms with Crippen LogP contribution >= 0.6 is 11.6 Å². The number of rotatable bonds is 6. The molecule has 3 N–H and O–H groups in total. The van der Waals surface area contributed by atoms with Gasteiger partial charge in [0.25, 0.3) is 5.91 Å². The van der Waals surface area contributed by atoms with Gasteiger partial charge in [-0.25, -0.2) is 14.4 Å². The molecule has 1 fully saturated rings. The number of halogens is 2. The number of amides is 1. The molecule has 1 aromatic carbocycles. The first-order chi connectivity index (χ1) is 17.7. The normalized spacial score (nSPS) is 25.0. The Kier molecular flexibility index (Phi) is 5.63. The molecular weight excluding hydrogens is 497 g/mol. The van der Waals surface area contributed by atoms with E-state index < -0.39 is 23.4 Å². The van der Waals surface area contributed by atoms with Gasteiger partial charge in [-0.15, -0.1) is 0 Å². The van der Waals surface area contributed by atoms with Gasteiger partial charge >= 0.3 is 0 Å². The molecule has 6 rings (SSSR count). The summed E-state index contributed by atoms with van der Waals surface area (Å²) >= 11 is 6.20. The van der Waals surface area contributed by atoms with Crippen LogP contribution in [0.5, 0.6) is 5.88 Å². The number of nitrogens with zero attached hydrogens (tertiary/aromatic N) is 2. The molecular formula is C27H27ClFN5O3. The molecule has 1 saturated carbocycles. The van der Waals surface area contributed by atoms with Gasteiger partial charge in [-0.2, -0.15) is 0 Å². The van der Waals surface area contributed by atoms with E-state index in [-0.39, 0.29) is 21.9 Å². The number of guanidine groups is 1. The first-order valence-electron chi connectivity index (χ1n) is 12.3. The molecule has 1 amide bonds. The van der Waals surface area contributed by atoms with E-state index in [1.54, 1.807) is 30.5 Å². The summed E-state index contributed by atoms with van der Waals surface area (Å²) in [6, 6.07) is 7.94. The van der Waals surface area contributed by atoms with Gasteiger partial charge < -0.3 is 25.4 Å². The number of carbonyl (C=O) groups excluding carboxylic acids is 1. The third kappa shape index (κ3) is 4.41. The largest absolute Gasteiger partial charge is 0.481 e. The number of aliphatic imine (C=N–C) groups is 1. The van der Waals surface area contributed by atoms with Crippen molar-refractivity contribution in [1.29, 1.82) is 0 Å². The van der Waals surface area contributed by atoms with Crippen molar-refractivity contribution in [3.05, 3.63) is 71.0 Å². The monoisotopic (exact) mass is 523 g/mol. The standard InChI is InChI=1S/C27H27ClFN5O3/c1-26(2)11-10-20-27(34-25(32-20)33-22-17(28)4-3-5-18(22)29)12-19(37-24(26)27)23(35)31-16-8-9-21(30-13-16)36-14-15-6-7-15/h3-5,8-10,12-13,15,24H,6-7,11,14H2,1-2H3,(H,31,35)(H2,32,33,34). The minimum absolute atomic E-state index is 0.125. The number of allylic oxidation sites excluding steroid dienone is 1. The Morgan fingerprint density at radius 1 is 1.30 bits per heavy atom. The van der Waals surface area contributed by atoms with Gasteiger partial charge in [0, 0.05) is 23.3 Å². The maximum absolute atomic E-state index is 14.4. The van der Waals surface area contributed by atoms with E-state index in [1.165, 1.54) is 25.0 Å². The minimum atomic E-state index is -0.951. The fraction of sp³-hybridized carbons (Fsp3) is 0.370. The van der Waals surface area contributed by atoms with Gasteiger partial charge in [-0.05, 0) is 43.4 Å². The van der Waals surface area contributed by atoms with Crippen LogP contribution in [0, 0.1) is 17.2 Å². The third-order valence-electron chi connectivity index (χ3n) is 7.11. The van der Waals surface area contributed by atoms with Crippen LogP contribution in [0.1, 0.15) is 33.1 Å². The number of aromatic nitrogens is 1. The maximum Gasteiger partial charge on any atom is 0.290 e. The number of ether oxygens (including phenoxy) is 2. The molecule has 8 nitrogen and oxygen atoms in total. The van der Waals surface area contributed by atoms with Crippen molar-refractivity contribution in [2.45, 2.75) is 44.8 Å². The summed E-state index contributed by atoms with van der Waals surface area (Å²) in [5.41, 5.74) is 0.154. The van der Waals surface area contributed by atoms with Crippen molar-refractivity contribution in [3.8, 4) is 5.88 Å². The molecule has 0 radical (unpaired) electrons. The van der Waals surface area contributed by atoms with E-state index in [0.29, 0.717) is 36.5 Å². The second-order valence-corrected chi connectivity index (χ2v) is 11.0. The van der Waals surface area contributed by atoms with Gasteiger partial charge in [-0.3, -0.25) is 4.79 Å². The van der Waals surface area contributed by atoms with Crippen LogP contribution < -0.4 is 20.7 Å². The molecule has 2 atom stereocenters. The molecule has 2 aliphatic carbocycles. The number of anilines is 2. The highest BCUT2D eigenvalue weighted by atomic mass is 35.5. The quantitative estimate of drug-likeness (QED) is 0.492. The number of pyridine rings is 1. The zero-order chi connectivity index (χ0) is 25.8. The third-order valence-corrected chi connectivity index (χ3v) is 7.42. The Balaban J connectivity index is 1.24. The topological polar surface area (TPSA) is 96.9 Å². The lowest BCUT2D eigenvalue weighted by Crippen LogP contribution is -2.50. The van der Waals surface area contributed by atoms with Crippen molar-refractivity contribution < 1.29 is 18.7 Å². The average molecular weight is 524 g/mol. The number of nitrogens with one attached hydrogen (secondary N) is 3. The van der Waals surface area contributed by atoms with Crippen LogP contribution in [-0.4, -0.2) is 35.1 Å². The van der Waals surface area contributed by atoms with E-state index in [0.717, 1.165) is 5.70 Å². The zero-order valence-corrected chi connectivity index (χ0v) is 21.2. The molecule has 1 spiro atoms. The van der Waals surface area contributed by atoms with Crippen molar-refractivity contribution >= 4 is 34.8 Å². The fourth-order valence-corrected chi connectivity index (χ4v) is 5.12. The predicted octanol–water partition coefficient (Wildman–Crippen LogP) is 5.01. The summed E-state index contributed by atoms with van der Waals surface area (Å²) in [7, 11) is 0. The summed E-state index contributed by atoms with van der Waals surface area (Å²) in [6.07, 6.45) is 8.00. The van der Waals surface area contributed by atoms with Crippen LogP contribution in [0.25, 0.3) is 0 Å². The maximum atomic E-state index is 14.4. The molecule has 37 heavy (non-hydrogen) atoms. The summed E-state index contributed by atoms with van der Waals surface area (Å²) in [5, 5.41) is 9.28. The minimum Gasteiger partial charge on any atom is -0.481 e. The SMILES string of the molecule is CC1(C)CC=C2NC(Nc3c(F)cccc3Cl)=NC23C=C(C(=O)Nc2ccc(OCC4CC4)nc2)OC13. The van der Waals surface area contributed by atoms with E-state index >= 15 is 0 Å². The number of carbonyl (C=O) groups is 1. The summed E-state index contributed by atoms with van der Waals surface area (Å²) in [6.45, 7) is 4.81.